The van der Waals surface area contributed by atoms with Gasteiger partial charge in [-0.15, -0.1) is 11.8 Å². The molecule has 0 saturated carbocycles. The zero-order valence-corrected chi connectivity index (χ0v) is 14.4. The largest absolute Gasteiger partial charge is 0.389 e. The number of unbranched alkanes of at least 4 members (excludes halogenated alkanes) is 5. The minimum Gasteiger partial charge on any atom is -0.389 e. The molecule has 0 aliphatic carbocycles. The summed E-state index contributed by atoms with van der Waals surface area (Å²) in [5.74, 6) is 0. The number of thioether (sulfide) groups is 1. The Balaban J connectivity index is 1.75. The van der Waals surface area contributed by atoms with Crippen molar-refractivity contribution in [3.63, 3.8) is 0 Å². The van der Waals surface area contributed by atoms with Gasteiger partial charge >= 0.3 is 0 Å². The van der Waals surface area contributed by atoms with E-state index in [1.807, 2.05) is 6.92 Å². The molecule has 1 nitrogen and oxygen atoms in total. The predicted octanol–water partition coefficient (Wildman–Crippen LogP) is 5.90. The predicted molar refractivity (Wildman–Crippen MR) is 93.0 cm³/mol. The van der Waals surface area contributed by atoms with Crippen molar-refractivity contribution in [1.82, 2.24) is 0 Å². The highest BCUT2D eigenvalue weighted by Crippen LogP contribution is 2.38. The summed E-state index contributed by atoms with van der Waals surface area (Å²) in [5.41, 5.74) is 2.50. The lowest BCUT2D eigenvalue weighted by Gasteiger charge is -2.25. The molecule has 1 heterocycles. The zero-order valence-electron chi connectivity index (χ0n) is 13.6. The lowest BCUT2D eigenvalue weighted by atomic mass is 10.00. The Morgan fingerprint density at radius 2 is 1.95 bits per heavy atom. The fourth-order valence-corrected chi connectivity index (χ4v) is 4.42. The van der Waals surface area contributed by atoms with Gasteiger partial charge < -0.3 is 5.11 Å². The molecule has 1 aliphatic heterocycles. The van der Waals surface area contributed by atoms with Gasteiger partial charge in [-0.3, -0.25) is 0 Å². The van der Waals surface area contributed by atoms with Gasteiger partial charge in [-0.1, -0.05) is 57.6 Å². The summed E-state index contributed by atoms with van der Waals surface area (Å²) in [6, 6.07) is 6.51. The van der Waals surface area contributed by atoms with E-state index in [2.05, 4.69) is 36.9 Å². The third-order valence-electron chi connectivity index (χ3n) is 4.48. The van der Waals surface area contributed by atoms with Crippen LogP contribution in [0.4, 0.5) is 0 Å². The first-order valence-electron chi connectivity index (χ1n) is 8.68. The summed E-state index contributed by atoms with van der Waals surface area (Å²) in [6.45, 7) is 4.12. The van der Waals surface area contributed by atoms with Crippen molar-refractivity contribution in [3.8, 4) is 0 Å². The molecule has 0 radical (unpaired) electrons. The molecule has 0 saturated heterocycles. The van der Waals surface area contributed by atoms with Gasteiger partial charge in [0.25, 0.3) is 0 Å². The first-order valence-corrected chi connectivity index (χ1v) is 9.56. The van der Waals surface area contributed by atoms with E-state index in [4.69, 9.17) is 0 Å². The van der Waals surface area contributed by atoms with Crippen LogP contribution in [0.3, 0.4) is 0 Å². The second-order valence-electron chi connectivity index (χ2n) is 6.38. The molecule has 118 valence electrons. The van der Waals surface area contributed by atoms with Crippen LogP contribution >= 0.6 is 11.8 Å². The molecular weight excluding hydrogens is 276 g/mol. The monoisotopic (exact) mass is 306 g/mol. The SMILES string of the molecule is CCCCCCCC[C@H]1CCc2cc([C@H](C)O)ccc2S1. The normalized spacial score (nSPS) is 19.3. The highest BCUT2D eigenvalue weighted by atomic mass is 32.2. The van der Waals surface area contributed by atoms with Gasteiger partial charge in [0.1, 0.15) is 0 Å². The number of aryl methyl sites for hydroxylation is 1. The molecule has 1 aliphatic rings. The molecule has 0 unspecified atom stereocenters. The average Bonchev–Trinajstić information content (AvgIpc) is 2.50. The Kier molecular flexibility index (Phi) is 7.12. The van der Waals surface area contributed by atoms with Crippen LogP contribution in [0.25, 0.3) is 0 Å². The summed E-state index contributed by atoms with van der Waals surface area (Å²) in [6.07, 6.45) is 11.9. The second-order valence-corrected chi connectivity index (χ2v) is 7.72. The van der Waals surface area contributed by atoms with Crippen LogP contribution in [0, 0.1) is 0 Å². The van der Waals surface area contributed by atoms with Crippen LogP contribution in [0.15, 0.2) is 23.1 Å². The molecule has 2 heteroatoms. The van der Waals surface area contributed by atoms with E-state index >= 15 is 0 Å². The third-order valence-corrected chi connectivity index (χ3v) is 5.93. The third kappa shape index (κ3) is 5.34. The summed E-state index contributed by atoms with van der Waals surface area (Å²) in [7, 11) is 0. The minimum atomic E-state index is -0.346. The highest BCUT2D eigenvalue weighted by Gasteiger charge is 2.19. The Bertz CT molecular complexity index is 428. The smallest absolute Gasteiger partial charge is 0.0762 e. The topological polar surface area (TPSA) is 20.2 Å². The number of fused-ring (bicyclic) bond motifs is 1. The van der Waals surface area contributed by atoms with Crippen molar-refractivity contribution in [2.75, 3.05) is 0 Å². The maximum Gasteiger partial charge on any atom is 0.0762 e. The Hall–Kier alpha value is -0.470. The van der Waals surface area contributed by atoms with Gasteiger partial charge in [0, 0.05) is 10.1 Å². The first kappa shape index (κ1) is 16.9. The summed E-state index contributed by atoms with van der Waals surface area (Å²) >= 11 is 2.06. The minimum absolute atomic E-state index is 0.346. The van der Waals surface area contributed by atoms with E-state index in [-0.39, 0.29) is 6.10 Å². The van der Waals surface area contributed by atoms with Crippen molar-refractivity contribution in [3.05, 3.63) is 29.3 Å². The second kappa shape index (κ2) is 8.85. The zero-order chi connectivity index (χ0) is 15.1. The molecule has 2 atom stereocenters. The van der Waals surface area contributed by atoms with Crippen LogP contribution in [-0.2, 0) is 6.42 Å². The number of rotatable bonds is 8. The summed E-state index contributed by atoms with van der Waals surface area (Å²) in [5, 5.41) is 10.5. The molecule has 1 aromatic rings. The first-order chi connectivity index (χ1) is 10.2. The quantitative estimate of drug-likeness (QED) is 0.604. The summed E-state index contributed by atoms with van der Waals surface area (Å²) in [4.78, 5) is 1.45. The number of hydrogen-bond donors (Lipinski definition) is 1. The van der Waals surface area contributed by atoms with Crippen LogP contribution in [0.5, 0.6) is 0 Å². The molecule has 0 bridgehead atoms. The lowest BCUT2D eigenvalue weighted by molar-refractivity contribution is 0.199. The fraction of sp³-hybridized carbons (Fsp3) is 0.684. The molecule has 21 heavy (non-hydrogen) atoms. The van der Waals surface area contributed by atoms with Gasteiger partial charge in [0.2, 0.25) is 0 Å². The van der Waals surface area contributed by atoms with Crippen LogP contribution < -0.4 is 0 Å². The highest BCUT2D eigenvalue weighted by molar-refractivity contribution is 8.00. The number of benzene rings is 1. The standard InChI is InChI=1S/C19H30OS/c1-3-4-5-6-7-8-9-18-12-10-17-14-16(15(2)20)11-13-19(17)21-18/h11,13-15,18,20H,3-10,12H2,1-2H3/t15-,18-/m0/s1. The van der Waals surface area contributed by atoms with Crippen molar-refractivity contribution in [2.24, 2.45) is 0 Å². The van der Waals surface area contributed by atoms with Crippen molar-refractivity contribution >= 4 is 11.8 Å². The number of aliphatic hydroxyl groups is 1. The number of aliphatic hydroxyl groups excluding tert-OH is 1. The van der Waals surface area contributed by atoms with Crippen LogP contribution in [0.1, 0.15) is 82.4 Å². The molecule has 1 N–H and O–H groups in total. The van der Waals surface area contributed by atoms with Gasteiger partial charge in [0.05, 0.1) is 6.10 Å². The molecule has 0 amide bonds. The van der Waals surface area contributed by atoms with Gasteiger partial charge in [-0.25, -0.2) is 0 Å². The molecule has 2 rings (SSSR count). The van der Waals surface area contributed by atoms with E-state index in [1.165, 1.54) is 68.2 Å². The molecule has 0 spiro atoms. The average molecular weight is 307 g/mol. The Morgan fingerprint density at radius 1 is 1.19 bits per heavy atom. The molecule has 1 aromatic carbocycles. The van der Waals surface area contributed by atoms with Crippen molar-refractivity contribution < 1.29 is 5.11 Å². The molecular formula is C19H30OS. The molecule has 0 aromatic heterocycles. The van der Waals surface area contributed by atoms with Crippen LogP contribution in [-0.4, -0.2) is 10.4 Å². The van der Waals surface area contributed by atoms with Crippen LogP contribution in [0.2, 0.25) is 0 Å². The van der Waals surface area contributed by atoms with Crippen molar-refractivity contribution in [2.45, 2.75) is 87.9 Å². The van der Waals surface area contributed by atoms with E-state index < -0.39 is 0 Å². The molecule has 0 fully saturated rings. The number of hydrogen-bond acceptors (Lipinski definition) is 2. The fourth-order valence-electron chi connectivity index (χ4n) is 3.08. The van der Waals surface area contributed by atoms with E-state index in [9.17, 15) is 5.11 Å². The van der Waals surface area contributed by atoms with Crippen molar-refractivity contribution in [1.29, 1.82) is 0 Å². The lowest BCUT2D eigenvalue weighted by Crippen LogP contribution is -2.11. The van der Waals surface area contributed by atoms with E-state index in [0.29, 0.717) is 0 Å². The van der Waals surface area contributed by atoms with E-state index in [1.54, 1.807) is 0 Å². The Morgan fingerprint density at radius 3 is 2.71 bits per heavy atom. The maximum absolute atomic E-state index is 9.68. The summed E-state index contributed by atoms with van der Waals surface area (Å²) < 4.78 is 0. The van der Waals surface area contributed by atoms with Gasteiger partial charge in [-0.2, -0.15) is 0 Å². The van der Waals surface area contributed by atoms with Gasteiger partial charge in [0.15, 0.2) is 0 Å². The Labute approximate surface area is 134 Å². The van der Waals surface area contributed by atoms with Gasteiger partial charge in [-0.05, 0) is 43.4 Å². The van der Waals surface area contributed by atoms with E-state index in [0.717, 1.165) is 10.8 Å². The maximum atomic E-state index is 9.68.